The molecule has 0 atom stereocenters. The molecule has 0 aliphatic carbocycles. The lowest BCUT2D eigenvalue weighted by Crippen LogP contribution is -2.26. The summed E-state index contributed by atoms with van der Waals surface area (Å²) in [4.78, 5) is 16.1. The van der Waals surface area contributed by atoms with Gasteiger partial charge in [0.2, 0.25) is 0 Å². The number of rotatable bonds is 4. The summed E-state index contributed by atoms with van der Waals surface area (Å²) >= 11 is 5.30. The van der Waals surface area contributed by atoms with E-state index in [0.29, 0.717) is 12.3 Å². The molecule has 2 heterocycles. The van der Waals surface area contributed by atoms with Crippen LogP contribution in [-0.2, 0) is 4.08 Å². The van der Waals surface area contributed by atoms with Crippen LogP contribution < -0.4 is 4.74 Å². The van der Waals surface area contributed by atoms with E-state index in [1.807, 2.05) is 29.8 Å². The maximum Gasteiger partial charge on any atom is 0.337 e. The highest BCUT2D eigenvalue weighted by molar-refractivity contribution is 8.16. The highest BCUT2D eigenvalue weighted by atomic mass is 32.2. The predicted molar refractivity (Wildman–Crippen MR) is 114 cm³/mol. The second kappa shape index (κ2) is 8.51. The van der Waals surface area contributed by atoms with Gasteiger partial charge in [-0.05, 0) is 49.0 Å². The molecule has 4 nitrogen and oxygen atoms in total. The molecular formula is C20H19NO3S3. The van der Waals surface area contributed by atoms with Crippen LogP contribution in [0.2, 0.25) is 0 Å². The lowest BCUT2D eigenvalue weighted by atomic mass is 10.0. The fraction of sp³-hybridized carbons (Fsp3) is 0.300. The summed E-state index contributed by atoms with van der Waals surface area (Å²) in [6.07, 6.45) is 8.56. The first-order chi connectivity index (χ1) is 13.0. The van der Waals surface area contributed by atoms with E-state index in [1.54, 1.807) is 17.8 Å². The number of aromatic nitrogens is 1. The van der Waals surface area contributed by atoms with Crippen LogP contribution in [0.1, 0.15) is 33.6 Å². The van der Waals surface area contributed by atoms with Gasteiger partial charge in [0.15, 0.2) is 0 Å². The highest BCUT2D eigenvalue weighted by Gasteiger charge is 2.37. The Balaban J connectivity index is 2.02. The minimum absolute atomic E-state index is 0.0255. The van der Waals surface area contributed by atoms with Gasteiger partial charge in [-0.15, -0.1) is 35.3 Å². The average molecular weight is 418 g/mol. The number of carboxylic acid groups (broad SMARTS) is 1. The molecule has 0 radical (unpaired) electrons. The number of ether oxygens (including phenoxy) is 1. The van der Waals surface area contributed by atoms with Gasteiger partial charge in [-0.3, -0.25) is 0 Å². The van der Waals surface area contributed by atoms with Gasteiger partial charge in [0.1, 0.15) is 11.4 Å². The molecular weight excluding hydrogens is 398 g/mol. The predicted octanol–water partition coefficient (Wildman–Crippen LogP) is 4.56. The average Bonchev–Trinajstić information content (AvgIpc) is 2.71. The van der Waals surface area contributed by atoms with Gasteiger partial charge in [0.05, 0.1) is 16.2 Å². The van der Waals surface area contributed by atoms with Gasteiger partial charge in [0.25, 0.3) is 0 Å². The van der Waals surface area contributed by atoms with Crippen molar-refractivity contribution in [2.24, 2.45) is 0 Å². The Morgan fingerprint density at radius 1 is 1.22 bits per heavy atom. The van der Waals surface area contributed by atoms with E-state index < -0.39 is 5.97 Å². The van der Waals surface area contributed by atoms with Crippen molar-refractivity contribution in [3.63, 3.8) is 0 Å². The number of hydrogen-bond acceptors (Lipinski definition) is 6. The molecule has 1 aromatic carbocycles. The number of carboxylic acids is 1. The van der Waals surface area contributed by atoms with Crippen molar-refractivity contribution in [1.29, 1.82) is 0 Å². The molecule has 7 heteroatoms. The van der Waals surface area contributed by atoms with Crippen LogP contribution >= 0.6 is 35.3 Å². The minimum Gasteiger partial charge on any atom is -0.493 e. The molecule has 27 heavy (non-hydrogen) atoms. The summed E-state index contributed by atoms with van der Waals surface area (Å²) in [5.74, 6) is 6.20. The Hall–Kier alpha value is -1.75. The third-order valence-electron chi connectivity index (χ3n) is 4.40. The van der Waals surface area contributed by atoms with Gasteiger partial charge in [0, 0.05) is 28.6 Å². The molecule has 1 aliphatic rings. The number of nitrogens with zero attached hydrogens (tertiary/aromatic N) is 1. The van der Waals surface area contributed by atoms with Crippen LogP contribution in [0.25, 0.3) is 0 Å². The van der Waals surface area contributed by atoms with E-state index in [0.717, 1.165) is 22.6 Å². The molecule has 0 bridgehead atoms. The van der Waals surface area contributed by atoms with Crippen LogP contribution in [0.5, 0.6) is 5.75 Å². The molecule has 0 saturated heterocycles. The van der Waals surface area contributed by atoms with Crippen molar-refractivity contribution in [3.05, 3.63) is 52.8 Å². The molecule has 0 spiro atoms. The zero-order valence-electron chi connectivity index (χ0n) is 15.2. The largest absolute Gasteiger partial charge is 0.493 e. The molecule has 0 saturated carbocycles. The second-order valence-corrected chi connectivity index (χ2v) is 9.11. The van der Waals surface area contributed by atoms with Crippen LogP contribution in [0, 0.1) is 11.8 Å². The molecule has 3 rings (SSSR count). The van der Waals surface area contributed by atoms with Gasteiger partial charge in [-0.25, -0.2) is 9.78 Å². The maximum atomic E-state index is 10.9. The Morgan fingerprint density at radius 3 is 2.59 bits per heavy atom. The van der Waals surface area contributed by atoms with E-state index in [4.69, 9.17) is 9.84 Å². The Labute approximate surface area is 171 Å². The van der Waals surface area contributed by atoms with Gasteiger partial charge >= 0.3 is 5.97 Å². The quantitative estimate of drug-likeness (QED) is 0.444. The van der Waals surface area contributed by atoms with E-state index in [2.05, 4.69) is 41.5 Å². The lowest BCUT2D eigenvalue weighted by molar-refractivity contribution is 0.0696. The zero-order valence-corrected chi connectivity index (χ0v) is 17.7. The first-order valence-electron chi connectivity index (χ1n) is 8.20. The maximum absolute atomic E-state index is 10.9. The normalized spacial score (nSPS) is 14.5. The molecule has 0 unspecified atom stereocenters. The van der Waals surface area contributed by atoms with Crippen LogP contribution in [0.3, 0.4) is 0 Å². The van der Waals surface area contributed by atoms with E-state index in [1.165, 1.54) is 17.8 Å². The molecule has 2 aromatic rings. The number of carbonyl (C=O) groups is 1. The van der Waals surface area contributed by atoms with Crippen LogP contribution in [-0.4, -0.2) is 41.4 Å². The zero-order chi connectivity index (χ0) is 19.4. The van der Waals surface area contributed by atoms with Crippen LogP contribution in [0.4, 0.5) is 0 Å². The Kier molecular flexibility index (Phi) is 6.30. The second-order valence-electron chi connectivity index (χ2n) is 5.80. The molecule has 1 N–H and O–H groups in total. The van der Waals surface area contributed by atoms with Crippen molar-refractivity contribution in [1.82, 2.24) is 4.98 Å². The number of fused-ring (bicyclic) bond motifs is 1. The topological polar surface area (TPSA) is 59.4 Å². The number of hydrogen-bond donors (Lipinski definition) is 1. The fourth-order valence-electron chi connectivity index (χ4n) is 2.91. The fourth-order valence-corrected chi connectivity index (χ4v) is 5.46. The summed E-state index contributed by atoms with van der Waals surface area (Å²) in [5.41, 5.74) is 2.80. The summed E-state index contributed by atoms with van der Waals surface area (Å²) in [6, 6.07) is 7.35. The van der Waals surface area contributed by atoms with Crippen molar-refractivity contribution < 1.29 is 14.6 Å². The van der Waals surface area contributed by atoms with Crippen molar-refractivity contribution >= 4 is 41.3 Å². The number of thioether (sulfide) groups is 3. The Bertz CT molecular complexity index is 913. The molecule has 0 amide bonds. The summed E-state index contributed by atoms with van der Waals surface area (Å²) in [7, 11) is 0. The number of aromatic carboxylic acids is 1. The number of benzene rings is 1. The summed E-state index contributed by atoms with van der Waals surface area (Å²) < 4.78 is 5.90. The van der Waals surface area contributed by atoms with Crippen molar-refractivity contribution in [3.8, 4) is 17.6 Å². The summed E-state index contributed by atoms with van der Waals surface area (Å²) in [5, 5.41) is 8.97. The van der Waals surface area contributed by atoms with Gasteiger partial charge < -0.3 is 9.84 Å². The lowest BCUT2D eigenvalue weighted by Gasteiger charge is -2.36. The smallest absolute Gasteiger partial charge is 0.337 e. The van der Waals surface area contributed by atoms with Crippen LogP contribution in [0.15, 0.2) is 35.4 Å². The minimum atomic E-state index is -0.994. The van der Waals surface area contributed by atoms with E-state index >= 15 is 0 Å². The third kappa shape index (κ3) is 4.08. The first kappa shape index (κ1) is 20.0. The van der Waals surface area contributed by atoms with E-state index in [-0.39, 0.29) is 9.64 Å². The van der Waals surface area contributed by atoms with Gasteiger partial charge in [-0.2, -0.15) is 0 Å². The SMILES string of the molecule is CSc1cc2c(cc1C#Cc1ccc(C(=O)O)cn1)C(SC)(SC)CCO2. The van der Waals surface area contributed by atoms with E-state index in [9.17, 15) is 4.79 Å². The van der Waals surface area contributed by atoms with Gasteiger partial charge in [-0.1, -0.05) is 5.92 Å². The molecule has 0 fully saturated rings. The highest BCUT2D eigenvalue weighted by Crippen LogP contribution is 2.53. The number of pyridine rings is 1. The third-order valence-corrected chi connectivity index (χ3v) is 8.34. The molecule has 1 aliphatic heterocycles. The molecule has 1 aromatic heterocycles. The molecule has 140 valence electrons. The first-order valence-corrected chi connectivity index (χ1v) is 11.9. The van der Waals surface area contributed by atoms with Crippen molar-refractivity contribution in [2.75, 3.05) is 25.4 Å². The van der Waals surface area contributed by atoms with Crippen molar-refractivity contribution in [2.45, 2.75) is 15.4 Å². The summed E-state index contributed by atoms with van der Waals surface area (Å²) in [6.45, 7) is 0.716. The Morgan fingerprint density at radius 2 is 2.00 bits per heavy atom. The monoisotopic (exact) mass is 417 g/mol. The standard InChI is InChI=1S/C20H19NO3S3/c1-25-18-11-17-16(20(26-2,27-3)8-9-24-17)10-13(18)4-6-15-7-5-14(12-21-15)19(22)23/h5,7,10-12H,8-9H2,1-3H3,(H,22,23).